The molecule has 106 valence electrons. The van der Waals surface area contributed by atoms with Crippen LogP contribution in [0.25, 0.3) is 0 Å². The third-order valence-corrected chi connectivity index (χ3v) is 3.70. The Kier molecular flexibility index (Phi) is 4.61. The van der Waals surface area contributed by atoms with Gasteiger partial charge < -0.3 is 4.74 Å². The molecule has 0 spiro atoms. The van der Waals surface area contributed by atoms with Crippen molar-refractivity contribution in [2.45, 2.75) is 25.8 Å². The first-order valence-corrected chi connectivity index (χ1v) is 6.67. The van der Waals surface area contributed by atoms with E-state index in [1.54, 1.807) is 18.2 Å². The zero-order chi connectivity index (χ0) is 14.7. The Morgan fingerprint density at radius 1 is 0.950 bits per heavy atom. The average molecular weight is 297 g/mol. The molecule has 0 bridgehead atoms. The Morgan fingerprint density at radius 3 is 2.30 bits per heavy atom. The van der Waals surface area contributed by atoms with Gasteiger partial charge in [-0.05, 0) is 48.2 Å². The Labute approximate surface area is 122 Å². The molecule has 2 aromatic rings. The molecule has 1 nitrogen and oxygen atoms in total. The highest BCUT2D eigenvalue weighted by molar-refractivity contribution is 6.22. The molecule has 0 N–H and O–H groups in total. The van der Waals surface area contributed by atoms with Gasteiger partial charge in [-0.15, -0.1) is 11.6 Å². The van der Waals surface area contributed by atoms with E-state index in [-0.39, 0.29) is 5.75 Å². The van der Waals surface area contributed by atoms with Crippen molar-refractivity contribution in [2.24, 2.45) is 0 Å². The molecule has 0 aliphatic heterocycles. The van der Waals surface area contributed by atoms with Gasteiger partial charge in [0.15, 0.2) is 0 Å². The van der Waals surface area contributed by atoms with Gasteiger partial charge in [-0.1, -0.05) is 30.3 Å². The van der Waals surface area contributed by atoms with Gasteiger partial charge >= 0.3 is 6.61 Å². The fraction of sp³-hybridized carbons (Fsp3) is 0.250. The van der Waals surface area contributed by atoms with E-state index >= 15 is 0 Å². The smallest absolute Gasteiger partial charge is 0.387 e. The van der Waals surface area contributed by atoms with Crippen LogP contribution in [0.15, 0.2) is 42.5 Å². The third-order valence-electron chi connectivity index (χ3n) is 3.20. The van der Waals surface area contributed by atoms with E-state index in [1.165, 1.54) is 11.6 Å². The lowest BCUT2D eigenvalue weighted by Crippen LogP contribution is -2.02. The van der Waals surface area contributed by atoms with Crippen LogP contribution in [0.5, 0.6) is 5.75 Å². The Hall–Kier alpha value is -1.61. The molecule has 4 heteroatoms. The highest BCUT2D eigenvalue weighted by Crippen LogP contribution is 2.32. The number of aryl methyl sites for hydroxylation is 2. The molecule has 20 heavy (non-hydrogen) atoms. The Bertz CT molecular complexity index is 599. The largest absolute Gasteiger partial charge is 0.435 e. The minimum Gasteiger partial charge on any atom is -0.435 e. The van der Waals surface area contributed by atoms with Gasteiger partial charge in [0, 0.05) is 0 Å². The lowest BCUT2D eigenvalue weighted by atomic mass is 10.00. The maximum absolute atomic E-state index is 12.2. The summed E-state index contributed by atoms with van der Waals surface area (Å²) >= 11 is 6.42. The molecule has 1 unspecified atom stereocenters. The lowest BCUT2D eigenvalue weighted by molar-refractivity contribution is -0.0498. The van der Waals surface area contributed by atoms with Crippen molar-refractivity contribution < 1.29 is 13.5 Å². The molecular weight excluding hydrogens is 282 g/mol. The lowest BCUT2D eigenvalue weighted by Gasteiger charge is -2.13. The van der Waals surface area contributed by atoms with E-state index in [2.05, 4.69) is 4.74 Å². The summed E-state index contributed by atoms with van der Waals surface area (Å²) in [5.41, 5.74) is 4.00. The van der Waals surface area contributed by atoms with E-state index < -0.39 is 12.0 Å². The van der Waals surface area contributed by atoms with Crippen LogP contribution in [0, 0.1) is 13.8 Å². The molecule has 0 saturated carbocycles. The predicted octanol–water partition coefficient (Wildman–Crippen LogP) is 5.23. The van der Waals surface area contributed by atoms with Crippen LogP contribution in [-0.2, 0) is 0 Å². The fourth-order valence-corrected chi connectivity index (χ4v) is 2.23. The topological polar surface area (TPSA) is 9.23 Å². The van der Waals surface area contributed by atoms with Crippen LogP contribution < -0.4 is 4.74 Å². The van der Waals surface area contributed by atoms with Crippen LogP contribution in [-0.4, -0.2) is 6.61 Å². The number of halogens is 3. The first-order chi connectivity index (χ1) is 9.47. The second-order valence-electron chi connectivity index (χ2n) is 4.66. The molecule has 0 aliphatic carbocycles. The van der Waals surface area contributed by atoms with Crippen molar-refractivity contribution in [2.75, 3.05) is 0 Å². The van der Waals surface area contributed by atoms with E-state index in [0.29, 0.717) is 0 Å². The molecular formula is C16H15ClF2O. The van der Waals surface area contributed by atoms with Gasteiger partial charge in [0.05, 0.1) is 5.38 Å². The van der Waals surface area contributed by atoms with Crippen LogP contribution in [0.4, 0.5) is 8.78 Å². The number of rotatable bonds is 4. The maximum atomic E-state index is 12.2. The predicted molar refractivity (Wildman–Crippen MR) is 76.7 cm³/mol. The SMILES string of the molecule is Cc1ccc(C(Cl)c2cccc(OC(F)F)c2)cc1C. The fourth-order valence-electron chi connectivity index (χ4n) is 1.96. The highest BCUT2D eigenvalue weighted by atomic mass is 35.5. The van der Waals surface area contributed by atoms with Gasteiger partial charge in [0.25, 0.3) is 0 Å². The van der Waals surface area contributed by atoms with E-state index in [9.17, 15) is 8.78 Å². The number of hydrogen-bond donors (Lipinski definition) is 0. The van der Waals surface area contributed by atoms with Crippen LogP contribution >= 0.6 is 11.6 Å². The van der Waals surface area contributed by atoms with E-state index in [1.807, 2.05) is 32.0 Å². The zero-order valence-electron chi connectivity index (χ0n) is 11.2. The Balaban J connectivity index is 2.28. The van der Waals surface area contributed by atoms with Crippen molar-refractivity contribution in [3.05, 3.63) is 64.7 Å². The molecule has 2 rings (SSSR count). The molecule has 0 aromatic heterocycles. The summed E-state index contributed by atoms with van der Waals surface area (Å²) in [5.74, 6) is 0.118. The summed E-state index contributed by atoms with van der Waals surface area (Å²) in [6, 6.07) is 12.4. The van der Waals surface area contributed by atoms with Gasteiger partial charge in [-0.2, -0.15) is 8.78 Å². The number of alkyl halides is 3. The zero-order valence-corrected chi connectivity index (χ0v) is 12.0. The van der Waals surface area contributed by atoms with Crippen molar-refractivity contribution in [3.8, 4) is 5.75 Å². The molecule has 0 heterocycles. The molecule has 0 radical (unpaired) electrons. The Morgan fingerprint density at radius 2 is 1.65 bits per heavy atom. The summed E-state index contributed by atoms with van der Waals surface area (Å²) in [5, 5.41) is -0.393. The van der Waals surface area contributed by atoms with Crippen molar-refractivity contribution in [1.29, 1.82) is 0 Å². The number of ether oxygens (including phenoxy) is 1. The first-order valence-electron chi connectivity index (χ1n) is 6.23. The minimum absolute atomic E-state index is 0.118. The second-order valence-corrected chi connectivity index (χ2v) is 5.09. The molecule has 0 fully saturated rings. The van der Waals surface area contributed by atoms with Gasteiger partial charge in [0.2, 0.25) is 0 Å². The summed E-state index contributed by atoms with van der Waals surface area (Å²) in [7, 11) is 0. The summed E-state index contributed by atoms with van der Waals surface area (Å²) in [6.07, 6.45) is 0. The number of hydrogen-bond acceptors (Lipinski definition) is 1. The highest BCUT2D eigenvalue weighted by Gasteiger charge is 2.13. The van der Waals surface area contributed by atoms with Gasteiger partial charge in [-0.25, -0.2) is 0 Å². The van der Waals surface area contributed by atoms with E-state index in [4.69, 9.17) is 11.6 Å². The van der Waals surface area contributed by atoms with Crippen molar-refractivity contribution in [1.82, 2.24) is 0 Å². The van der Waals surface area contributed by atoms with Crippen LogP contribution in [0.1, 0.15) is 27.6 Å². The van der Waals surface area contributed by atoms with Crippen LogP contribution in [0.3, 0.4) is 0 Å². The van der Waals surface area contributed by atoms with Gasteiger partial charge in [-0.3, -0.25) is 0 Å². The van der Waals surface area contributed by atoms with Crippen LogP contribution in [0.2, 0.25) is 0 Å². The normalized spacial score (nSPS) is 12.5. The van der Waals surface area contributed by atoms with Gasteiger partial charge in [0.1, 0.15) is 5.75 Å². The summed E-state index contributed by atoms with van der Waals surface area (Å²) in [6.45, 7) is 1.21. The second kappa shape index (κ2) is 6.23. The molecule has 0 amide bonds. The third kappa shape index (κ3) is 3.48. The van der Waals surface area contributed by atoms with Crippen molar-refractivity contribution in [3.63, 3.8) is 0 Å². The maximum Gasteiger partial charge on any atom is 0.387 e. The average Bonchev–Trinajstić information content (AvgIpc) is 2.40. The molecule has 1 atom stereocenters. The summed E-state index contributed by atoms with van der Waals surface area (Å²) in [4.78, 5) is 0. The molecule has 0 aliphatic rings. The van der Waals surface area contributed by atoms with E-state index in [0.717, 1.165) is 16.7 Å². The summed E-state index contributed by atoms with van der Waals surface area (Å²) < 4.78 is 28.8. The molecule has 0 saturated heterocycles. The number of benzene rings is 2. The standard InChI is InChI=1S/C16H15ClF2O/c1-10-6-7-13(8-11(10)2)15(17)12-4-3-5-14(9-12)20-16(18)19/h3-9,15-16H,1-2H3. The van der Waals surface area contributed by atoms with Crippen molar-refractivity contribution >= 4 is 11.6 Å². The first kappa shape index (κ1) is 14.8. The quantitative estimate of drug-likeness (QED) is 0.702. The minimum atomic E-state index is -2.83. The molecule has 2 aromatic carbocycles. The monoisotopic (exact) mass is 296 g/mol.